The van der Waals surface area contributed by atoms with E-state index in [-0.39, 0.29) is 43.1 Å². The molecule has 1 aromatic carbocycles. The zero-order chi connectivity index (χ0) is 29.7. The molecule has 1 saturated carbocycles. The highest BCUT2D eigenvalue weighted by atomic mass is 32.2. The maximum atomic E-state index is 13.8. The van der Waals surface area contributed by atoms with Gasteiger partial charge in [0.05, 0.1) is 29.1 Å². The summed E-state index contributed by atoms with van der Waals surface area (Å²) in [4.78, 5) is 22.0. The third-order valence-electron chi connectivity index (χ3n) is 8.72. The van der Waals surface area contributed by atoms with Crippen molar-refractivity contribution in [1.82, 2.24) is 9.71 Å². The smallest absolute Gasteiger partial charge is 0.274 e. The molecule has 2 aliphatic heterocycles. The summed E-state index contributed by atoms with van der Waals surface area (Å²) < 4.78 is 61.8. The van der Waals surface area contributed by atoms with Crippen molar-refractivity contribution in [2.45, 2.75) is 62.3 Å². The van der Waals surface area contributed by atoms with Gasteiger partial charge in [0.1, 0.15) is 5.69 Å². The van der Waals surface area contributed by atoms with Gasteiger partial charge in [-0.05, 0) is 68.4 Å². The molecule has 2 aromatic heterocycles. The number of furan rings is 1. The summed E-state index contributed by atoms with van der Waals surface area (Å²) in [5.74, 6) is -2.90. The van der Waals surface area contributed by atoms with Gasteiger partial charge in [-0.2, -0.15) is 0 Å². The summed E-state index contributed by atoms with van der Waals surface area (Å²) in [7, 11) is -3.92. The molecule has 3 aliphatic rings. The van der Waals surface area contributed by atoms with Crippen LogP contribution >= 0.6 is 0 Å². The lowest BCUT2D eigenvalue weighted by molar-refractivity contribution is -0.0221. The van der Waals surface area contributed by atoms with Crippen molar-refractivity contribution >= 4 is 44.1 Å². The number of aliphatic hydroxyl groups excluding tert-OH is 1. The first kappa shape index (κ1) is 28.8. The van der Waals surface area contributed by atoms with Crippen molar-refractivity contribution in [3.05, 3.63) is 42.3 Å². The summed E-state index contributed by atoms with van der Waals surface area (Å²) in [5.41, 5.74) is 1.93. The van der Waals surface area contributed by atoms with Crippen LogP contribution in [0.3, 0.4) is 0 Å². The highest BCUT2D eigenvalue weighted by Gasteiger charge is 2.44. The average Bonchev–Trinajstić information content (AvgIpc) is 3.53. The number of sulfonamides is 1. The number of anilines is 3. The van der Waals surface area contributed by atoms with Crippen molar-refractivity contribution in [2.24, 2.45) is 5.41 Å². The van der Waals surface area contributed by atoms with Crippen LogP contribution in [0.5, 0.6) is 0 Å². The maximum absolute atomic E-state index is 13.8. The van der Waals surface area contributed by atoms with Crippen LogP contribution in [0.25, 0.3) is 11.0 Å². The van der Waals surface area contributed by atoms with E-state index in [2.05, 4.69) is 19.9 Å². The van der Waals surface area contributed by atoms with Crippen LogP contribution in [0, 0.1) is 5.41 Å². The van der Waals surface area contributed by atoms with Crippen LogP contribution in [0.4, 0.5) is 26.0 Å². The molecule has 42 heavy (non-hydrogen) atoms. The monoisotopic (exact) mass is 603 g/mol. The number of aromatic nitrogens is 1. The highest BCUT2D eigenvalue weighted by Crippen LogP contribution is 2.54. The van der Waals surface area contributed by atoms with Crippen LogP contribution < -0.4 is 19.8 Å². The molecule has 13 heteroatoms. The Morgan fingerprint density at radius 2 is 1.74 bits per heavy atom. The largest absolute Gasteiger partial charge is 0.460 e. The number of rotatable bonds is 8. The SMILES string of the molecule is C[C@@H](CO)NS(=O)(=O)c1ccc(NC(=O)c2cc3ccoc3c(N3CCC(F)(F)CC3)n2)c(N2CCC3(CC2)CC3)c1. The first-order valence-corrected chi connectivity index (χ1v) is 15.8. The number of piperidine rings is 2. The first-order chi connectivity index (χ1) is 20.0. The van der Waals surface area contributed by atoms with Crippen LogP contribution in [0.2, 0.25) is 0 Å². The quantitative estimate of drug-likeness (QED) is 0.347. The first-order valence-electron chi connectivity index (χ1n) is 14.3. The van der Waals surface area contributed by atoms with Gasteiger partial charge in [-0.25, -0.2) is 26.9 Å². The molecule has 1 amide bonds. The lowest BCUT2D eigenvalue weighted by Gasteiger charge is -2.35. The van der Waals surface area contributed by atoms with Gasteiger partial charge >= 0.3 is 0 Å². The maximum Gasteiger partial charge on any atom is 0.274 e. The Morgan fingerprint density at radius 3 is 2.40 bits per heavy atom. The number of fused-ring (bicyclic) bond motifs is 1. The molecular weight excluding hydrogens is 568 g/mol. The van der Waals surface area contributed by atoms with Crippen LogP contribution in [-0.2, 0) is 10.0 Å². The van der Waals surface area contributed by atoms with Crippen molar-refractivity contribution in [3.63, 3.8) is 0 Å². The van der Waals surface area contributed by atoms with Crippen molar-refractivity contribution in [3.8, 4) is 0 Å². The molecule has 226 valence electrons. The summed E-state index contributed by atoms with van der Waals surface area (Å²) >= 11 is 0. The second-order valence-electron chi connectivity index (χ2n) is 11.8. The topological polar surface area (TPSA) is 128 Å². The van der Waals surface area contributed by atoms with E-state index in [1.807, 2.05) is 0 Å². The van der Waals surface area contributed by atoms with Gasteiger partial charge in [-0.15, -0.1) is 0 Å². The number of amides is 1. The number of halogens is 2. The molecule has 0 unspecified atom stereocenters. The number of hydrogen-bond acceptors (Lipinski definition) is 8. The zero-order valence-electron chi connectivity index (χ0n) is 23.4. The van der Waals surface area contributed by atoms with Gasteiger partial charge in [-0.3, -0.25) is 4.79 Å². The fourth-order valence-corrected chi connectivity index (χ4v) is 7.09. The Hall–Kier alpha value is -3.29. The minimum Gasteiger partial charge on any atom is -0.460 e. The number of carbonyl (C=O) groups is 1. The van der Waals surface area contributed by atoms with Crippen molar-refractivity contribution < 1.29 is 31.5 Å². The fraction of sp³-hybridized carbons (Fsp3) is 0.517. The minimum atomic E-state index is -3.92. The summed E-state index contributed by atoms with van der Waals surface area (Å²) in [6.45, 7) is 2.86. The summed E-state index contributed by atoms with van der Waals surface area (Å²) in [6, 6.07) is 7.17. The van der Waals surface area contributed by atoms with Gasteiger partial charge in [0.15, 0.2) is 11.4 Å². The van der Waals surface area contributed by atoms with Gasteiger partial charge < -0.3 is 24.6 Å². The number of carbonyl (C=O) groups excluding carboxylic acids is 1. The molecule has 1 spiro atoms. The minimum absolute atomic E-state index is 0.0321. The number of alkyl halides is 2. The Kier molecular flexibility index (Phi) is 7.38. The standard InChI is InChI=1S/C29H35F2N5O5S/c1-19(18-37)34-42(39,40)21-2-3-22(24(17-21)35-11-7-28(5-6-28)8-12-35)33-27(38)23-16-20-4-15-41-25(20)26(32-23)36-13-9-29(30,31)10-14-36/h2-4,15-17,19,34,37H,5-14,18H2,1H3,(H,33,38)/t19-/m0/s1. The van der Waals surface area contributed by atoms with Gasteiger partial charge in [0.25, 0.3) is 11.8 Å². The number of benzene rings is 1. The average molecular weight is 604 g/mol. The number of pyridine rings is 1. The van der Waals surface area contributed by atoms with E-state index in [4.69, 9.17) is 4.42 Å². The molecule has 1 aliphatic carbocycles. The van der Waals surface area contributed by atoms with E-state index in [1.165, 1.54) is 25.2 Å². The van der Waals surface area contributed by atoms with Gasteiger partial charge in [0, 0.05) is 50.4 Å². The summed E-state index contributed by atoms with van der Waals surface area (Å²) in [5, 5.41) is 12.9. The van der Waals surface area contributed by atoms with E-state index in [0.29, 0.717) is 33.6 Å². The molecular formula is C29H35F2N5O5S. The molecule has 0 radical (unpaired) electrons. The third kappa shape index (κ3) is 5.82. The van der Waals surface area contributed by atoms with E-state index >= 15 is 0 Å². The zero-order valence-corrected chi connectivity index (χ0v) is 24.2. The van der Waals surface area contributed by atoms with E-state index in [0.717, 1.165) is 25.9 Å². The molecule has 3 aromatic rings. The Morgan fingerprint density at radius 1 is 1.05 bits per heavy atom. The number of nitrogens with zero attached hydrogens (tertiary/aromatic N) is 3. The molecule has 4 heterocycles. The second kappa shape index (κ2) is 10.8. The number of hydrogen-bond donors (Lipinski definition) is 3. The van der Waals surface area contributed by atoms with Crippen LogP contribution in [0.1, 0.15) is 55.9 Å². The molecule has 10 nitrogen and oxygen atoms in total. The Bertz CT molecular complexity index is 1590. The van der Waals surface area contributed by atoms with E-state index in [9.17, 15) is 27.1 Å². The molecule has 3 fully saturated rings. The second-order valence-corrected chi connectivity index (χ2v) is 13.6. The molecule has 3 N–H and O–H groups in total. The lowest BCUT2D eigenvalue weighted by atomic mass is 9.93. The van der Waals surface area contributed by atoms with E-state index in [1.54, 1.807) is 36.1 Å². The van der Waals surface area contributed by atoms with Gasteiger partial charge in [0.2, 0.25) is 10.0 Å². The molecule has 2 saturated heterocycles. The predicted octanol–water partition coefficient (Wildman–Crippen LogP) is 4.36. The Balaban J connectivity index is 1.31. The van der Waals surface area contributed by atoms with Crippen molar-refractivity contribution in [2.75, 3.05) is 47.9 Å². The Labute approximate surface area is 243 Å². The van der Waals surface area contributed by atoms with E-state index < -0.39 is 27.9 Å². The van der Waals surface area contributed by atoms with Crippen LogP contribution in [-0.4, -0.2) is 69.2 Å². The normalized spacial score (nSPS) is 20.6. The molecule has 0 bridgehead atoms. The highest BCUT2D eigenvalue weighted by molar-refractivity contribution is 7.89. The molecule has 6 rings (SSSR count). The van der Waals surface area contributed by atoms with Crippen LogP contribution in [0.15, 0.2) is 45.9 Å². The number of aliphatic hydroxyl groups is 1. The van der Waals surface area contributed by atoms with Gasteiger partial charge in [-0.1, -0.05) is 0 Å². The van der Waals surface area contributed by atoms with Crippen molar-refractivity contribution in [1.29, 1.82) is 0 Å². The third-order valence-corrected chi connectivity index (χ3v) is 10.3. The lowest BCUT2D eigenvalue weighted by Crippen LogP contribution is -2.40. The fourth-order valence-electron chi connectivity index (χ4n) is 5.84. The number of nitrogens with one attached hydrogen (secondary N) is 2. The molecule has 1 atom stereocenters. The summed E-state index contributed by atoms with van der Waals surface area (Å²) in [6.07, 6.45) is 5.26. The predicted molar refractivity (Wildman–Crippen MR) is 155 cm³/mol.